The second-order valence-electron chi connectivity index (χ2n) is 6.36. The Morgan fingerprint density at radius 1 is 0.808 bits per heavy atom. The summed E-state index contributed by atoms with van der Waals surface area (Å²) in [4.78, 5) is 0. The molecule has 0 aromatic heterocycles. The van der Waals surface area contributed by atoms with Crippen LogP contribution in [0.3, 0.4) is 0 Å². The zero-order chi connectivity index (χ0) is 19.0. The van der Waals surface area contributed by atoms with Gasteiger partial charge in [0.05, 0.1) is 0 Å². The molecule has 26 heavy (non-hydrogen) atoms. The molecule has 0 bridgehead atoms. The molecule has 0 amide bonds. The first-order valence-corrected chi connectivity index (χ1v) is 11.7. The largest absolute Gasteiger partial charge is 0.536 e. The van der Waals surface area contributed by atoms with Crippen LogP contribution >= 0.6 is 15.9 Å². The van der Waals surface area contributed by atoms with Gasteiger partial charge in [-0.1, -0.05) is 78.5 Å². The van der Waals surface area contributed by atoms with Gasteiger partial charge in [-0.25, -0.2) is 0 Å². The maximum absolute atomic E-state index is 5.56. The van der Waals surface area contributed by atoms with Crippen LogP contribution in [0.2, 0.25) is 0 Å². The fourth-order valence-corrected chi connectivity index (χ4v) is 5.39. The molecule has 142 valence electrons. The van der Waals surface area contributed by atoms with Gasteiger partial charge >= 0.3 is 8.80 Å². The fraction of sp³-hybridized carbons (Fsp3) is 0.429. The molecule has 0 unspecified atom stereocenters. The Kier molecular flexibility index (Phi) is 8.51. The van der Waals surface area contributed by atoms with Crippen LogP contribution in [0.1, 0.15) is 38.2 Å². The molecule has 0 spiro atoms. The molecule has 0 fully saturated rings. The average Bonchev–Trinajstić information content (AvgIpc) is 2.69. The molecule has 0 aliphatic rings. The predicted octanol–water partition coefficient (Wildman–Crippen LogP) is 5.32. The van der Waals surface area contributed by atoms with E-state index in [9.17, 15) is 0 Å². The van der Waals surface area contributed by atoms with Gasteiger partial charge in [0.25, 0.3) is 0 Å². The normalized spacial score (nSPS) is 11.7. The third-order valence-electron chi connectivity index (χ3n) is 4.72. The number of halogens is 1. The standard InChI is InChI=1S/C21H29BrO3Si/c1-5-6-7-8-9-19-16-18(12-15-21(19)22)17-10-13-20(14-11-17)26(23-2,24-3)25-4/h10-16H,5-9H2,1-4H3. The first-order chi connectivity index (χ1) is 12.6. The topological polar surface area (TPSA) is 27.7 Å². The zero-order valence-corrected chi connectivity index (χ0v) is 18.8. The molecule has 0 saturated heterocycles. The Morgan fingerprint density at radius 2 is 1.42 bits per heavy atom. The monoisotopic (exact) mass is 436 g/mol. The van der Waals surface area contributed by atoms with Crippen LogP contribution in [-0.2, 0) is 19.7 Å². The van der Waals surface area contributed by atoms with Gasteiger partial charge < -0.3 is 13.3 Å². The predicted molar refractivity (Wildman–Crippen MR) is 114 cm³/mol. The van der Waals surface area contributed by atoms with Crippen molar-refractivity contribution in [2.45, 2.75) is 39.0 Å². The van der Waals surface area contributed by atoms with Crippen LogP contribution in [0.5, 0.6) is 0 Å². The SMILES string of the molecule is CCCCCCc1cc(-c2ccc([Si](OC)(OC)OC)cc2)ccc1Br. The van der Waals surface area contributed by atoms with E-state index in [1.165, 1.54) is 46.8 Å². The second-order valence-corrected chi connectivity index (χ2v) is 10.1. The third-order valence-corrected chi connectivity index (χ3v) is 8.15. The maximum Gasteiger partial charge on any atom is 0.536 e. The van der Waals surface area contributed by atoms with E-state index >= 15 is 0 Å². The lowest BCUT2D eigenvalue weighted by Gasteiger charge is -2.24. The Hall–Kier alpha value is -0.983. The van der Waals surface area contributed by atoms with E-state index in [0.29, 0.717) is 0 Å². The fourth-order valence-electron chi connectivity index (χ4n) is 3.16. The molecule has 2 rings (SSSR count). The van der Waals surface area contributed by atoms with Crippen molar-refractivity contribution in [3.8, 4) is 11.1 Å². The minimum absolute atomic E-state index is 0.964. The number of aryl methyl sites for hydroxylation is 1. The summed E-state index contributed by atoms with van der Waals surface area (Å²) in [6.45, 7) is 2.24. The highest BCUT2D eigenvalue weighted by Crippen LogP contribution is 2.27. The Labute approximate surface area is 167 Å². The summed E-state index contributed by atoms with van der Waals surface area (Å²) < 4.78 is 17.9. The van der Waals surface area contributed by atoms with Gasteiger partial charge in [-0.15, -0.1) is 0 Å². The first-order valence-electron chi connectivity index (χ1n) is 9.15. The summed E-state index contributed by atoms with van der Waals surface area (Å²) in [5.74, 6) is 0. The Morgan fingerprint density at radius 3 is 2.00 bits per heavy atom. The molecule has 0 aliphatic heterocycles. The van der Waals surface area contributed by atoms with Crippen LogP contribution in [0, 0.1) is 0 Å². The molecule has 0 saturated carbocycles. The van der Waals surface area contributed by atoms with Crippen molar-refractivity contribution in [1.29, 1.82) is 0 Å². The summed E-state index contributed by atoms with van der Waals surface area (Å²) in [6, 6.07) is 14.9. The molecule has 0 radical (unpaired) electrons. The highest BCUT2D eigenvalue weighted by molar-refractivity contribution is 9.10. The molecule has 0 heterocycles. The van der Waals surface area contributed by atoms with Crippen molar-refractivity contribution in [3.05, 3.63) is 52.5 Å². The van der Waals surface area contributed by atoms with Gasteiger partial charge in [-0.2, -0.15) is 0 Å². The van der Waals surface area contributed by atoms with Crippen molar-refractivity contribution < 1.29 is 13.3 Å². The van der Waals surface area contributed by atoms with E-state index < -0.39 is 8.80 Å². The van der Waals surface area contributed by atoms with Crippen molar-refractivity contribution in [3.63, 3.8) is 0 Å². The summed E-state index contributed by atoms with van der Waals surface area (Å²) in [5.41, 5.74) is 3.78. The molecule has 0 atom stereocenters. The highest BCUT2D eigenvalue weighted by atomic mass is 79.9. The summed E-state index contributed by atoms with van der Waals surface area (Å²) in [7, 11) is 2.12. The van der Waals surface area contributed by atoms with Gasteiger partial charge in [0.15, 0.2) is 0 Å². The van der Waals surface area contributed by atoms with Gasteiger partial charge in [0.2, 0.25) is 0 Å². The molecule has 5 heteroatoms. The number of unbranched alkanes of at least 4 members (excludes halogenated alkanes) is 3. The number of hydrogen-bond donors (Lipinski definition) is 0. The van der Waals surface area contributed by atoms with Gasteiger partial charge in [0, 0.05) is 31.0 Å². The number of rotatable bonds is 10. The van der Waals surface area contributed by atoms with Crippen molar-refractivity contribution in [1.82, 2.24) is 0 Å². The Bertz CT molecular complexity index is 676. The van der Waals surface area contributed by atoms with E-state index in [2.05, 4.69) is 53.2 Å². The minimum atomic E-state index is -2.77. The summed E-state index contributed by atoms with van der Waals surface area (Å²) >= 11 is 3.69. The summed E-state index contributed by atoms with van der Waals surface area (Å²) in [5, 5.41) is 0.964. The summed E-state index contributed by atoms with van der Waals surface area (Å²) in [6.07, 6.45) is 6.21. The first kappa shape index (κ1) is 21.3. The van der Waals surface area contributed by atoms with E-state index in [-0.39, 0.29) is 0 Å². The lowest BCUT2D eigenvalue weighted by Crippen LogP contribution is -2.54. The zero-order valence-electron chi connectivity index (χ0n) is 16.2. The van der Waals surface area contributed by atoms with E-state index in [1.807, 2.05) is 12.1 Å². The van der Waals surface area contributed by atoms with Gasteiger partial charge in [0.1, 0.15) is 0 Å². The van der Waals surface area contributed by atoms with Gasteiger partial charge in [-0.05, 0) is 35.6 Å². The second kappa shape index (κ2) is 10.4. The average molecular weight is 437 g/mol. The van der Waals surface area contributed by atoms with Crippen molar-refractivity contribution in [2.24, 2.45) is 0 Å². The molecular weight excluding hydrogens is 408 g/mol. The molecule has 0 aliphatic carbocycles. The lowest BCUT2D eigenvalue weighted by atomic mass is 10.00. The molecule has 2 aromatic rings. The molecule has 2 aromatic carbocycles. The number of hydrogen-bond acceptors (Lipinski definition) is 3. The lowest BCUT2D eigenvalue weighted by molar-refractivity contribution is 0.140. The smallest absolute Gasteiger partial charge is 0.373 e. The minimum Gasteiger partial charge on any atom is -0.373 e. The maximum atomic E-state index is 5.56. The molecule has 3 nitrogen and oxygen atoms in total. The number of benzene rings is 2. The van der Waals surface area contributed by atoms with E-state index in [1.54, 1.807) is 21.3 Å². The highest BCUT2D eigenvalue weighted by Gasteiger charge is 2.40. The van der Waals surface area contributed by atoms with Crippen LogP contribution in [0.25, 0.3) is 11.1 Å². The van der Waals surface area contributed by atoms with Crippen molar-refractivity contribution >= 4 is 29.9 Å². The molecular formula is C21H29BrO3Si. The van der Waals surface area contributed by atoms with Crippen LogP contribution in [-0.4, -0.2) is 30.1 Å². The third kappa shape index (κ3) is 5.05. The van der Waals surface area contributed by atoms with Crippen LogP contribution in [0.4, 0.5) is 0 Å². The van der Waals surface area contributed by atoms with E-state index in [4.69, 9.17) is 13.3 Å². The van der Waals surface area contributed by atoms with Crippen LogP contribution < -0.4 is 5.19 Å². The quantitative estimate of drug-likeness (QED) is 0.372. The van der Waals surface area contributed by atoms with Crippen molar-refractivity contribution in [2.75, 3.05) is 21.3 Å². The van der Waals surface area contributed by atoms with Gasteiger partial charge in [-0.3, -0.25) is 0 Å². The Balaban J connectivity index is 2.20. The van der Waals surface area contributed by atoms with E-state index in [0.717, 1.165) is 11.6 Å². The molecule has 0 N–H and O–H groups in total. The van der Waals surface area contributed by atoms with Crippen LogP contribution in [0.15, 0.2) is 46.9 Å².